The van der Waals surface area contributed by atoms with Crippen LogP contribution in [0.2, 0.25) is 0 Å². The summed E-state index contributed by atoms with van der Waals surface area (Å²) in [7, 11) is 0. The lowest BCUT2D eigenvalue weighted by Crippen LogP contribution is -1.94. The molecule has 0 spiro atoms. The van der Waals surface area contributed by atoms with Crippen LogP contribution in [0.4, 0.5) is 0 Å². The summed E-state index contributed by atoms with van der Waals surface area (Å²) in [5, 5.41) is 2.25. The lowest BCUT2D eigenvalue weighted by atomic mass is 10.00. The third-order valence-electron chi connectivity index (χ3n) is 4.04. The SMILES string of the molecule is C=C(Cc1ccc(C)cc1)S/C=C(\C)Cc1cc(C)c(I)cc1C. The zero-order valence-electron chi connectivity index (χ0n) is 14.9. The van der Waals surface area contributed by atoms with E-state index in [1.165, 1.54) is 41.9 Å². The van der Waals surface area contributed by atoms with Gasteiger partial charge in [-0.15, -0.1) is 11.8 Å². The molecule has 126 valence electrons. The molecule has 0 saturated heterocycles. The molecular formula is C22H25IS. The van der Waals surface area contributed by atoms with Gasteiger partial charge in [0.05, 0.1) is 0 Å². The first kappa shape index (κ1) is 19.3. The Bertz CT molecular complexity index is 754. The fraction of sp³-hybridized carbons (Fsp3) is 0.273. The molecule has 0 fully saturated rings. The van der Waals surface area contributed by atoms with Gasteiger partial charge >= 0.3 is 0 Å². The van der Waals surface area contributed by atoms with Crippen molar-refractivity contribution in [1.82, 2.24) is 0 Å². The molecule has 0 aliphatic heterocycles. The first-order chi connectivity index (χ1) is 11.3. The second-order valence-corrected chi connectivity index (χ2v) is 8.70. The van der Waals surface area contributed by atoms with Crippen LogP contribution in [0.15, 0.2) is 58.9 Å². The largest absolute Gasteiger partial charge is 0.103 e. The first-order valence-corrected chi connectivity index (χ1v) is 10.1. The molecule has 0 aromatic heterocycles. The lowest BCUT2D eigenvalue weighted by molar-refractivity contribution is 1.11. The van der Waals surface area contributed by atoms with E-state index in [9.17, 15) is 0 Å². The topological polar surface area (TPSA) is 0 Å². The maximum absolute atomic E-state index is 4.21. The van der Waals surface area contributed by atoms with Gasteiger partial charge in [-0.3, -0.25) is 0 Å². The van der Waals surface area contributed by atoms with Crippen molar-refractivity contribution in [2.75, 3.05) is 0 Å². The minimum Gasteiger partial charge on any atom is -0.103 e. The minimum atomic E-state index is 0.927. The Morgan fingerprint density at radius 2 is 1.71 bits per heavy atom. The van der Waals surface area contributed by atoms with Crippen molar-refractivity contribution in [3.8, 4) is 0 Å². The Morgan fingerprint density at radius 1 is 1.04 bits per heavy atom. The molecule has 2 aromatic rings. The van der Waals surface area contributed by atoms with Crippen molar-refractivity contribution in [3.63, 3.8) is 0 Å². The number of hydrogen-bond donors (Lipinski definition) is 0. The summed E-state index contributed by atoms with van der Waals surface area (Å²) in [5.74, 6) is 0. The number of allylic oxidation sites excluding steroid dienone is 2. The third kappa shape index (κ3) is 5.82. The highest BCUT2D eigenvalue weighted by Crippen LogP contribution is 2.25. The molecule has 2 heteroatoms. The highest BCUT2D eigenvalue weighted by atomic mass is 127. The molecule has 0 radical (unpaired) electrons. The average Bonchev–Trinajstić information content (AvgIpc) is 2.53. The predicted octanol–water partition coefficient (Wildman–Crippen LogP) is 7.15. The maximum Gasteiger partial charge on any atom is 0.0162 e. The smallest absolute Gasteiger partial charge is 0.0162 e. The quantitative estimate of drug-likeness (QED) is 0.423. The van der Waals surface area contributed by atoms with Gasteiger partial charge in [-0.25, -0.2) is 0 Å². The van der Waals surface area contributed by atoms with Crippen molar-refractivity contribution < 1.29 is 0 Å². The van der Waals surface area contributed by atoms with Crippen molar-refractivity contribution in [1.29, 1.82) is 0 Å². The van der Waals surface area contributed by atoms with Crippen LogP contribution in [0, 0.1) is 24.3 Å². The molecule has 2 aromatic carbocycles. The number of hydrogen-bond acceptors (Lipinski definition) is 1. The maximum atomic E-state index is 4.21. The molecular weight excluding hydrogens is 423 g/mol. The highest BCUT2D eigenvalue weighted by Gasteiger charge is 2.04. The van der Waals surface area contributed by atoms with Gasteiger partial charge in [-0.1, -0.05) is 48.0 Å². The van der Waals surface area contributed by atoms with Crippen LogP contribution in [0.3, 0.4) is 0 Å². The first-order valence-electron chi connectivity index (χ1n) is 8.16. The van der Waals surface area contributed by atoms with Crippen LogP contribution in [0.1, 0.15) is 34.7 Å². The summed E-state index contributed by atoms with van der Waals surface area (Å²) in [6.07, 6.45) is 1.94. The minimum absolute atomic E-state index is 0.927. The van der Waals surface area contributed by atoms with E-state index in [0.717, 1.165) is 12.8 Å². The van der Waals surface area contributed by atoms with Crippen molar-refractivity contribution >= 4 is 34.4 Å². The number of benzene rings is 2. The molecule has 0 amide bonds. The molecule has 0 saturated carbocycles. The molecule has 0 atom stereocenters. The summed E-state index contributed by atoms with van der Waals surface area (Å²) in [6, 6.07) is 13.3. The van der Waals surface area contributed by atoms with Crippen LogP contribution in [-0.4, -0.2) is 0 Å². The Kier molecular flexibility index (Phi) is 7.17. The number of halogens is 1. The van der Waals surface area contributed by atoms with Crippen LogP contribution < -0.4 is 0 Å². The number of thioether (sulfide) groups is 1. The van der Waals surface area contributed by atoms with E-state index in [2.05, 4.69) is 98.7 Å². The van der Waals surface area contributed by atoms with Gasteiger partial charge in [0.25, 0.3) is 0 Å². The van der Waals surface area contributed by atoms with E-state index in [-0.39, 0.29) is 0 Å². The standard InChI is InChI=1S/C22H25IS/c1-15-6-8-20(9-7-15)13-19(5)24-14-16(2)10-21-11-18(4)22(23)12-17(21)3/h6-9,11-12,14H,5,10,13H2,1-4H3/b16-14+. The number of rotatable bonds is 6. The molecule has 0 nitrogen and oxygen atoms in total. The van der Waals surface area contributed by atoms with E-state index in [1.807, 2.05) is 0 Å². The summed E-state index contributed by atoms with van der Waals surface area (Å²) in [6.45, 7) is 12.9. The fourth-order valence-electron chi connectivity index (χ4n) is 2.53. The van der Waals surface area contributed by atoms with Crippen molar-refractivity contribution in [2.45, 2.75) is 40.5 Å². The van der Waals surface area contributed by atoms with Gasteiger partial charge < -0.3 is 0 Å². The Morgan fingerprint density at radius 3 is 2.38 bits per heavy atom. The molecule has 2 rings (SSSR count). The summed E-state index contributed by atoms with van der Waals surface area (Å²) in [5.41, 5.74) is 8.17. The zero-order valence-corrected chi connectivity index (χ0v) is 17.9. The van der Waals surface area contributed by atoms with Gasteiger partial charge in [0, 0.05) is 9.99 Å². The van der Waals surface area contributed by atoms with E-state index in [0.29, 0.717) is 0 Å². The Balaban J connectivity index is 1.95. The molecule has 0 aliphatic rings. The van der Waals surface area contributed by atoms with Gasteiger partial charge in [-0.05, 0) is 95.3 Å². The zero-order chi connectivity index (χ0) is 17.7. The number of aryl methyl sites for hydroxylation is 3. The van der Waals surface area contributed by atoms with E-state index >= 15 is 0 Å². The molecule has 0 heterocycles. The summed E-state index contributed by atoms with van der Waals surface area (Å²) < 4.78 is 1.34. The Labute approximate surface area is 164 Å². The molecule has 0 N–H and O–H groups in total. The fourth-order valence-corrected chi connectivity index (χ4v) is 3.86. The van der Waals surface area contributed by atoms with E-state index < -0.39 is 0 Å². The predicted molar refractivity (Wildman–Crippen MR) is 118 cm³/mol. The van der Waals surface area contributed by atoms with Crippen LogP contribution in [0.5, 0.6) is 0 Å². The summed E-state index contributed by atoms with van der Waals surface area (Å²) >= 11 is 4.17. The second kappa shape index (κ2) is 8.91. The lowest BCUT2D eigenvalue weighted by Gasteiger charge is -2.10. The van der Waals surface area contributed by atoms with Gasteiger partial charge in [0.15, 0.2) is 0 Å². The molecule has 0 bridgehead atoms. The molecule has 0 unspecified atom stereocenters. The van der Waals surface area contributed by atoms with E-state index in [1.54, 1.807) is 11.8 Å². The van der Waals surface area contributed by atoms with E-state index in [4.69, 9.17) is 0 Å². The third-order valence-corrected chi connectivity index (χ3v) is 6.20. The van der Waals surface area contributed by atoms with Gasteiger partial charge in [-0.2, -0.15) is 0 Å². The van der Waals surface area contributed by atoms with Crippen molar-refractivity contribution in [3.05, 3.63) is 90.3 Å². The Hall–Kier alpha value is -1.000. The van der Waals surface area contributed by atoms with Gasteiger partial charge in [0.1, 0.15) is 0 Å². The normalized spacial score (nSPS) is 11.6. The van der Waals surface area contributed by atoms with Crippen molar-refractivity contribution in [2.24, 2.45) is 0 Å². The monoisotopic (exact) mass is 448 g/mol. The highest BCUT2D eigenvalue weighted by molar-refractivity contribution is 14.1. The van der Waals surface area contributed by atoms with Gasteiger partial charge in [0.2, 0.25) is 0 Å². The second-order valence-electron chi connectivity index (χ2n) is 6.49. The average molecular weight is 448 g/mol. The van der Waals surface area contributed by atoms with Crippen LogP contribution in [-0.2, 0) is 12.8 Å². The summed E-state index contributed by atoms with van der Waals surface area (Å²) in [4.78, 5) is 1.19. The van der Waals surface area contributed by atoms with Crippen LogP contribution in [0.25, 0.3) is 0 Å². The van der Waals surface area contributed by atoms with Crippen LogP contribution >= 0.6 is 34.4 Å². The molecule has 24 heavy (non-hydrogen) atoms. The molecule has 0 aliphatic carbocycles.